The highest BCUT2D eigenvalue weighted by molar-refractivity contribution is 5.95. The van der Waals surface area contributed by atoms with E-state index in [-0.39, 0.29) is 18.1 Å². The van der Waals surface area contributed by atoms with Gasteiger partial charge in [-0.25, -0.2) is 0 Å². The zero-order valence-electron chi connectivity index (χ0n) is 14.7. The average Bonchev–Trinajstić information content (AvgIpc) is 3.01. The first-order valence-electron chi connectivity index (χ1n) is 8.99. The summed E-state index contributed by atoms with van der Waals surface area (Å²) in [6.45, 7) is 0. The van der Waals surface area contributed by atoms with E-state index in [4.69, 9.17) is 0 Å². The van der Waals surface area contributed by atoms with Crippen LogP contribution in [0.25, 0.3) is 22.2 Å². The van der Waals surface area contributed by atoms with Crippen LogP contribution in [0.4, 0.5) is 0 Å². The maximum absolute atomic E-state index is 12.4. The van der Waals surface area contributed by atoms with Crippen molar-refractivity contribution >= 4 is 16.8 Å². The van der Waals surface area contributed by atoms with Gasteiger partial charge in [-0.05, 0) is 43.9 Å². The van der Waals surface area contributed by atoms with Gasteiger partial charge in [0, 0.05) is 30.2 Å². The fourth-order valence-electron chi connectivity index (χ4n) is 3.57. The number of aliphatic hydroxyl groups excluding tert-OH is 1. The molecule has 1 aromatic carbocycles. The third-order valence-corrected chi connectivity index (χ3v) is 5.06. The van der Waals surface area contributed by atoms with Gasteiger partial charge in [0.2, 0.25) is 0 Å². The molecule has 6 nitrogen and oxygen atoms in total. The summed E-state index contributed by atoms with van der Waals surface area (Å²) in [4.78, 5) is 16.7. The van der Waals surface area contributed by atoms with E-state index in [0.29, 0.717) is 5.69 Å². The first-order valence-corrected chi connectivity index (χ1v) is 8.99. The summed E-state index contributed by atoms with van der Waals surface area (Å²) in [6.07, 6.45) is 4.58. The quantitative estimate of drug-likeness (QED) is 0.761. The minimum absolute atomic E-state index is 0.118. The summed E-state index contributed by atoms with van der Waals surface area (Å²) in [5.74, 6) is -0.163. The zero-order chi connectivity index (χ0) is 18.1. The van der Waals surface area contributed by atoms with E-state index < -0.39 is 0 Å². The largest absolute Gasteiger partial charge is 0.393 e. The Kier molecular flexibility index (Phi) is 4.42. The number of nitrogens with one attached hydrogen (secondary N) is 1. The SMILES string of the molecule is Cn1nc(-c2ccc(C(=O)NC3CCC(O)CC3)nc2)c2ccccc21. The molecule has 0 saturated heterocycles. The molecule has 0 spiro atoms. The Hall–Kier alpha value is -2.73. The highest BCUT2D eigenvalue weighted by Crippen LogP contribution is 2.27. The number of para-hydroxylation sites is 1. The lowest BCUT2D eigenvalue weighted by atomic mass is 9.93. The lowest BCUT2D eigenvalue weighted by molar-refractivity contribution is 0.0863. The predicted molar refractivity (Wildman–Crippen MR) is 99.7 cm³/mol. The maximum atomic E-state index is 12.4. The van der Waals surface area contributed by atoms with Gasteiger partial charge in [-0.3, -0.25) is 14.5 Å². The number of hydrogen-bond acceptors (Lipinski definition) is 4. The van der Waals surface area contributed by atoms with E-state index in [1.807, 2.05) is 42.1 Å². The molecule has 0 aliphatic heterocycles. The third kappa shape index (κ3) is 3.20. The van der Waals surface area contributed by atoms with Gasteiger partial charge in [-0.1, -0.05) is 18.2 Å². The molecular formula is C20H22N4O2. The van der Waals surface area contributed by atoms with Gasteiger partial charge < -0.3 is 10.4 Å². The van der Waals surface area contributed by atoms with Crippen molar-refractivity contribution in [3.63, 3.8) is 0 Å². The molecule has 134 valence electrons. The molecule has 26 heavy (non-hydrogen) atoms. The predicted octanol–water partition coefficient (Wildman–Crippen LogP) is 2.67. The first-order chi connectivity index (χ1) is 12.6. The highest BCUT2D eigenvalue weighted by Gasteiger charge is 2.21. The van der Waals surface area contributed by atoms with Crippen LogP contribution in [0.1, 0.15) is 36.2 Å². The molecule has 1 aliphatic carbocycles. The molecule has 2 aromatic heterocycles. The number of rotatable bonds is 3. The molecule has 4 rings (SSSR count). The summed E-state index contributed by atoms with van der Waals surface area (Å²) in [5.41, 5.74) is 3.21. The summed E-state index contributed by atoms with van der Waals surface area (Å²) in [6, 6.07) is 11.8. The van der Waals surface area contributed by atoms with Gasteiger partial charge in [0.15, 0.2) is 0 Å². The number of carbonyl (C=O) groups is 1. The Morgan fingerprint density at radius 1 is 1.15 bits per heavy atom. The minimum atomic E-state index is -0.228. The van der Waals surface area contributed by atoms with Crippen LogP contribution >= 0.6 is 0 Å². The van der Waals surface area contributed by atoms with Crippen LogP contribution in [0, 0.1) is 0 Å². The van der Waals surface area contributed by atoms with Crippen LogP contribution < -0.4 is 5.32 Å². The van der Waals surface area contributed by atoms with Gasteiger partial charge in [-0.2, -0.15) is 5.10 Å². The number of hydrogen-bond donors (Lipinski definition) is 2. The van der Waals surface area contributed by atoms with Crippen molar-refractivity contribution in [3.8, 4) is 11.3 Å². The number of carbonyl (C=O) groups excluding carboxylic acids is 1. The smallest absolute Gasteiger partial charge is 0.270 e. The van der Waals surface area contributed by atoms with Gasteiger partial charge in [-0.15, -0.1) is 0 Å². The molecule has 1 amide bonds. The van der Waals surface area contributed by atoms with Gasteiger partial charge in [0.25, 0.3) is 5.91 Å². The van der Waals surface area contributed by atoms with E-state index in [9.17, 15) is 9.90 Å². The van der Waals surface area contributed by atoms with Crippen LogP contribution in [-0.4, -0.2) is 37.9 Å². The Bertz CT molecular complexity index is 925. The number of amides is 1. The minimum Gasteiger partial charge on any atom is -0.393 e. The Balaban J connectivity index is 1.52. The normalized spacial score (nSPS) is 20.2. The molecule has 2 N–H and O–H groups in total. The molecule has 3 aromatic rings. The van der Waals surface area contributed by atoms with Crippen molar-refractivity contribution in [2.75, 3.05) is 0 Å². The number of pyridine rings is 1. The standard InChI is InChI=1S/C20H22N4O2/c1-24-18-5-3-2-4-16(18)19(23-24)13-6-11-17(21-12-13)20(26)22-14-7-9-15(25)10-8-14/h2-6,11-12,14-15,25H,7-10H2,1H3,(H,22,26). The molecule has 0 radical (unpaired) electrons. The summed E-state index contributed by atoms with van der Waals surface area (Å²) < 4.78 is 1.85. The fraction of sp³-hybridized carbons (Fsp3) is 0.350. The van der Waals surface area contributed by atoms with Gasteiger partial charge >= 0.3 is 0 Å². The lowest BCUT2D eigenvalue weighted by Gasteiger charge is -2.26. The Morgan fingerprint density at radius 2 is 1.92 bits per heavy atom. The number of aliphatic hydroxyl groups is 1. The molecular weight excluding hydrogens is 328 g/mol. The van der Waals surface area contributed by atoms with Gasteiger partial charge in [0.05, 0.1) is 11.6 Å². The van der Waals surface area contributed by atoms with E-state index >= 15 is 0 Å². The van der Waals surface area contributed by atoms with Crippen molar-refractivity contribution in [3.05, 3.63) is 48.3 Å². The molecule has 0 atom stereocenters. The molecule has 1 fully saturated rings. The first kappa shape index (κ1) is 16.7. The second kappa shape index (κ2) is 6.88. The Labute approximate surface area is 151 Å². The molecule has 2 heterocycles. The van der Waals surface area contributed by atoms with Crippen molar-refractivity contribution in [1.82, 2.24) is 20.1 Å². The fourth-order valence-corrected chi connectivity index (χ4v) is 3.57. The molecule has 0 unspecified atom stereocenters. The maximum Gasteiger partial charge on any atom is 0.270 e. The molecule has 1 saturated carbocycles. The van der Waals surface area contributed by atoms with Crippen molar-refractivity contribution in [1.29, 1.82) is 0 Å². The number of aryl methyl sites for hydroxylation is 1. The van der Waals surface area contributed by atoms with E-state index in [1.165, 1.54) is 0 Å². The molecule has 0 bridgehead atoms. The van der Waals surface area contributed by atoms with Gasteiger partial charge in [0.1, 0.15) is 11.4 Å². The number of nitrogens with zero attached hydrogens (tertiary/aromatic N) is 3. The molecule has 6 heteroatoms. The summed E-state index contributed by atoms with van der Waals surface area (Å²) in [7, 11) is 1.92. The third-order valence-electron chi connectivity index (χ3n) is 5.06. The second-order valence-corrected chi connectivity index (χ2v) is 6.90. The summed E-state index contributed by atoms with van der Waals surface area (Å²) in [5, 5.41) is 18.2. The lowest BCUT2D eigenvalue weighted by Crippen LogP contribution is -2.38. The highest BCUT2D eigenvalue weighted by atomic mass is 16.3. The topological polar surface area (TPSA) is 80.0 Å². The summed E-state index contributed by atoms with van der Waals surface area (Å²) >= 11 is 0. The van der Waals surface area contributed by atoms with Crippen molar-refractivity contribution in [2.45, 2.75) is 37.8 Å². The second-order valence-electron chi connectivity index (χ2n) is 6.90. The number of fused-ring (bicyclic) bond motifs is 1. The van der Waals surface area contributed by atoms with E-state index in [2.05, 4.69) is 15.4 Å². The monoisotopic (exact) mass is 350 g/mol. The van der Waals surface area contributed by atoms with Crippen LogP contribution in [0.5, 0.6) is 0 Å². The number of benzene rings is 1. The van der Waals surface area contributed by atoms with Crippen LogP contribution in [0.3, 0.4) is 0 Å². The van der Waals surface area contributed by atoms with Crippen molar-refractivity contribution in [2.24, 2.45) is 7.05 Å². The van der Waals surface area contributed by atoms with Crippen LogP contribution in [-0.2, 0) is 7.05 Å². The van der Waals surface area contributed by atoms with E-state index in [0.717, 1.165) is 47.8 Å². The van der Waals surface area contributed by atoms with Crippen molar-refractivity contribution < 1.29 is 9.90 Å². The van der Waals surface area contributed by atoms with Crippen LogP contribution in [0.2, 0.25) is 0 Å². The molecule has 1 aliphatic rings. The number of aromatic nitrogens is 3. The van der Waals surface area contributed by atoms with E-state index in [1.54, 1.807) is 12.3 Å². The van der Waals surface area contributed by atoms with Crippen LogP contribution in [0.15, 0.2) is 42.6 Å². The zero-order valence-corrected chi connectivity index (χ0v) is 14.7. The Morgan fingerprint density at radius 3 is 2.65 bits per heavy atom. The average molecular weight is 350 g/mol.